The number of halogens is 3. The summed E-state index contributed by atoms with van der Waals surface area (Å²) in [4.78, 5) is 11.3. The van der Waals surface area contributed by atoms with Gasteiger partial charge in [0.05, 0.1) is 19.3 Å². The second-order valence-electron chi connectivity index (χ2n) is 5.16. The molecule has 7 heteroatoms. The molecule has 4 nitrogen and oxygen atoms in total. The lowest BCUT2D eigenvalue weighted by Crippen LogP contribution is -2.30. The van der Waals surface area contributed by atoms with Gasteiger partial charge in [-0.3, -0.25) is 4.79 Å². The number of hydrogen-bond acceptors (Lipinski definition) is 3. The van der Waals surface area contributed by atoms with Crippen molar-refractivity contribution in [2.24, 2.45) is 0 Å². The Hall–Kier alpha value is -1.92. The quantitative estimate of drug-likeness (QED) is 0.871. The Balaban J connectivity index is 2.81. The van der Waals surface area contributed by atoms with E-state index in [1.807, 2.05) is 13.8 Å². The van der Waals surface area contributed by atoms with Crippen LogP contribution in [0.25, 0.3) is 0 Å². The average Bonchev–Trinajstić information content (AvgIpc) is 2.35. The molecule has 1 aromatic carbocycles. The van der Waals surface area contributed by atoms with E-state index in [9.17, 15) is 18.0 Å². The van der Waals surface area contributed by atoms with Gasteiger partial charge in [-0.2, -0.15) is 13.2 Å². The predicted molar refractivity (Wildman–Crippen MR) is 76.0 cm³/mol. The smallest absolute Gasteiger partial charge is 0.397 e. The highest BCUT2D eigenvalue weighted by Gasteiger charge is 2.31. The molecule has 0 fully saturated rings. The van der Waals surface area contributed by atoms with Crippen molar-refractivity contribution < 1.29 is 27.4 Å². The lowest BCUT2D eigenvalue weighted by molar-refractivity contribution is -0.154. The topological polar surface area (TPSA) is 47.6 Å². The standard InChI is InChI=1S/C15H20F3NO3/c1-9(2)22-12-6-5-11(7-13(12)21-4)10(3)19-14(20)8-15(16,17)18/h5-7,9-10H,8H2,1-4H3,(H,19,20)/t10-/m0/s1. The number of amides is 1. The van der Waals surface area contributed by atoms with Crippen LogP contribution in [0, 0.1) is 0 Å². The first kappa shape index (κ1) is 18.1. The van der Waals surface area contributed by atoms with Crippen LogP contribution < -0.4 is 14.8 Å². The Kier molecular flexibility index (Phi) is 6.08. The Bertz CT molecular complexity index is 515. The van der Waals surface area contributed by atoms with Gasteiger partial charge in [0.1, 0.15) is 6.42 Å². The van der Waals surface area contributed by atoms with Crippen molar-refractivity contribution >= 4 is 5.91 Å². The van der Waals surface area contributed by atoms with Gasteiger partial charge >= 0.3 is 6.18 Å². The van der Waals surface area contributed by atoms with E-state index >= 15 is 0 Å². The van der Waals surface area contributed by atoms with Gasteiger partial charge in [0.25, 0.3) is 0 Å². The zero-order chi connectivity index (χ0) is 16.9. The predicted octanol–water partition coefficient (Wildman–Crippen LogP) is 3.61. The second-order valence-corrected chi connectivity index (χ2v) is 5.16. The fraction of sp³-hybridized carbons (Fsp3) is 0.533. The minimum atomic E-state index is -4.52. The molecule has 1 N–H and O–H groups in total. The Morgan fingerprint density at radius 1 is 1.23 bits per heavy atom. The summed E-state index contributed by atoms with van der Waals surface area (Å²) < 4.78 is 47.2. The maximum atomic E-state index is 12.2. The molecule has 0 unspecified atom stereocenters. The van der Waals surface area contributed by atoms with E-state index in [0.29, 0.717) is 17.1 Å². The highest BCUT2D eigenvalue weighted by atomic mass is 19.4. The number of ether oxygens (including phenoxy) is 2. The van der Waals surface area contributed by atoms with E-state index in [1.54, 1.807) is 25.1 Å². The SMILES string of the molecule is COc1cc([C@H](C)NC(=O)CC(F)(F)F)ccc1OC(C)C. The fourth-order valence-electron chi connectivity index (χ4n) is 1.86. The summed E-state index contributed by atoms with van der Waals surface area (Å²) in [6, 6.07) is 4.41. The number of nitrogens with one attached hydrogen (secondary N) is 1. The molecule has 0 radical (unpaired) electrons. The van der Waals surface area contributed by atoms with Gasteiger partial charge < -0.3 is 14.8 Å². The molecule has 0 bridgehead atoms. The van der Waals surface area contributed by atoms with Crippen LogP contribution in [0.3, 0.4) is 0 Å². The number of carbonyl (C=O) groups is 1. The van der Waals surface area contributed by atoms with Crippen LogP contribution in [0.4, 0.5) is 13.2 Å². The number of rotatable bonds is 6. The van der Waals surface area contributed by atoms with Crippen LogP contribution in [-0.2, 0) is 4.79 Å². The molecule has 1 rings (SSSR count). The molecule has 0 heterocycles. The third-order valence-corrected chi connectivity index (χ3v) is 2.79. The van der Waals surface area contributed by atoms with E-state index in [1.165, 1.54) is 7.11 Å². The second kappa shape index (κ2) is 7.38. The number of benzene rings is 1. The molecular formula is C15H20F3NO3. The Morgan fingerprint density at radius 2 is 1.86 bits per heavy atom. The molecule has 0 saturated heterocycles. The molecule has 0 spiro atoms. The van der Waals surface area contributed by atoms with Gasteiger partial charge in [0.2, 0.25) is 5.91 Å². The van der Waals surface area contributed by atoms with Crippen molar-refractivity contribution in [3.05, 3.63) is 23.8 Å². The highest BCUT2D eigenvalue weighted by molar-refractivity contribution is 5.77. The number of carbonyl (C=O) groups excluding carboxylic acids is 1. The molecule has 1 atom stereocenters. The molecule has 1 aromatic rings. The minimum Gasteiger partial charge on any atom is -0.493 e. The van der Waals surface area contributed by atoms with Gasteiger partial charge in [0, 0.05) is 0 Å². The molecule has 22 heavy (non-hydrogen) atoms. The van der Waals surface area contributed by atoms with Crippen LogP contribution in [0.2, 0.25) is 0 Å². The molecule has 0 aliphatic rings. The number of hydrogen-bond donors (Lipinski definition) is 1. The number of methoxy groups -OCH3 is 1. The first-order chi connectivity index (χ1) is 10.1. The summed E-state index contributed by atoms with van der Waals surface area (Å²) in [7, 11) is 1.47. The minimum absolute atomic E-state index is 0.0383. The molecule has 0 aliphatic heterocycles. The maximum Gasteiger partial charge on any atom is 0.397 e. The van der Waals surface area contributed by atoms with E-state index < -0.39 is 24.5 Å². The zero-order valence-corrected chi connectivity index (χ0v) is 13.0. The average molecular weight is 319 g/mol. The van der Waals surface area contributed by atoms with Gasteiger partial charge in [-0.25, -0.2) is 0 Å². The highest BCUT2D eigenvalue weighted by Crippen LogP contribution is 2.31. The number of alkyl halides is 3. The molecule has 0 aliphatic carbocycles. The lowest BCUT2D eigenvalue weighted by Gasteiger charge is -2.18. The van der Waals surface area contributed by atoms with Crippen molar-refractivity contribution in [1.82, 2.24) is 5.32 Å². The Morgan fingerprint density at radius 3 is 2.36 bits per heavy atom. The van der Waals surface area contributed by atoms with E-state index in [0.717, 1.165) is 0 Å². The van der Waals surface area contributed by atoms with Gasteiger partial charge in [-0.05, 0) is 38.5 Å². The van der Waals surface area contributed by atoms with Crippen LogP contribution in [0.1, 0.15) is 38.8 Å². The van der Waals surface area contributed by atoms with Crippen molar-refractivity contribution in [2.75, 3.05) is 7.11 Å². The Labute approximate surface area is 127 Å². The first-order valence-corrected chi connectivity index (χ1v) is 6.83. The van der Waals surface area contributed by atoms with Crippen LogP contribution in [0.15, 0.2) is 18.2 Å². The van der Waals surface area contributed by atoms with E-state index in [-0.39, 0.29) is 6.10 Å². The van der Waals surface area contributed by atoms with Crippen LogP contribution >= 0.6 is 0 Å². The molecule has 1 amide bonds. The summed E-state index contributed by atoms with van der Waals surface area (Å²) in [5, 5.41) is 2.31. The molecule has 124 valence electrons. The van der Waals surface area contributed by atoms with Crippen molar-refractivity contribution in [2.45, 2.75) is 45.5 Å². The van der Waals surface area contributed by atoms with Crippen LogP contribution in [0.5, 0.6) is 11.5 Å². The van der Waals surface area contributed by atoms with E-state index in [4.69, 9.17) is 9.47 Å². The first-order valence-electron chi connectivity index (χ1n) is 6.83. The van der Waals surface area contributed by atoms with Gasteiger partial charge in [-0.1, -0.05) is 6.07 Å². The van der Waals surface area contributed by atoms with E-state index in [2.05, 4.69) is 5.32 Å². The summed E-state index contributed by atoms with van der Waals surface area (Å²) >= 11 is 0. The largest absolute Gasteiger partial charge is 0.493 e. The third kappa shape index (κ3) is 5.83. The molecule has 0 saturated carbocycles. The monoisotopic (exact) mass is 319 g/mol. The van der Waals surface area contributed by atoms with Crippen molar-refractivity contribution in [1.29, 1.82) is 0 Å². The zero-order valence-electron chi connectivity index (χ0n) is 13.0. The lowest BCUT2D eigenvalue weighted by atomic mass is 10.1. The fourth-order valence-corrected chi connectivity index (χ4v) is 1.86. The molecule has 0 aromatic heterocycles. The van der Waals surface area contributed by atoms with Crippen LogP contribution in [-0.4, -0.2) is 25.3 Å². The summed E-state index contributed by atoms with van der Waals surface area (Å²) in [5.74, 6) is -0.0698. The van der Waals surface area contributed by atoms with Gasteiger partial charge in [0.15, 0.2) is 11.5 Å². The van der Waals surface area contributed by atoms with Gasteiger partial charge in [-0.15, -0.1) is 0 Å². The maximum absolute atomic E-state index is 12.2. The normalized spacial score (nSPS) is 12.9. The molecular weight excluding hydrogens is 299 g/mol. The third-order valence-electron chi connectivity index (χ3n) is 2.79. The van der Waals surface area contributed by atoms with Crippen molar-refractivity contribution in [3.8, 4) is 11.5 Å². The summed E-state index contributed by atoms with van der Waals surface area (Å²) in [6.45, 7) is 5.34. The summed E-state index contributed by atoms with van der Waals surface area (Å²) in [6.07, 6.45) is -6.05. The van der Waals surface area contributed by atoms with Crippen molar-refractivity contribution in [3.63, 3.8) is 0 Å². The summed E-state index contributed by atoms with van der Waals surface area (Å²) in [5.41, 5.74) is 0.628.